The van der Waals surface area contributed by atoms with Crippen LogP contribution < -0.4 is 0 Å². The van der Waals surface area contributed by atoms with E-state index in [1.165, 1.54) is 0 Å². The zero-order valence-corrected chi connectivity index (χ0v) is 20.1. The Morgan fingerprint density at radius 1 is 1.14 bits per heavy atom. The molecule has 35 heavy (non-hydrogen) atoms. The number of aliphatic hydroxyl groups is 4. The molecule has 3 atom stereocenters. The topological polar surface area (TPSA) is 151 Å². The number of hydrogen-bond donors (Lipinski definition) is 4. The summed E-state index contributed by atoms with van der Waals surface area (Å²) >= 11 is 0. The molecular formula is C26H36O9. The van der Waals surface area contributed by atoms with Gasteiger partial charge in [-0.25, -0.2) is 4.79 Å². The second-order valence-corrected chi connectivity index (χ2v) is 8.73. The summed E-state index contributed by atoms with van der Waals surface area (Å²) in [6.07, 6.45) is 10.7. The van der Waals surface area contributed by atoms with E-state index < -0.39 is 48.4 Å². The first kappa shape index (κ1) is 28.3. The van der Waals surface area contributed by atoms with Gasteiger partial charge in [-0.3, -0.25) is 9.59 Å². The molecule has 2 aliphatic rings. The van der Waals surface area contributed by atoms with Gasteiger partial charge in [0.1, 0.15) is 12.7 Å². The molecule has 2 rings (SSSR count). The van der Waals surface area contributed by atoms with E-state index in [0.717, 1.165) is 36.8 Å². The average Bonchev–Trinajstić information content (AvgIpc) is 3.31. The van der Waals surface area contributed by atoms with Crippen molar-refractivity contribution in [3.63, 3.8) is 0 Å². The van der Waals surface area contributed by atoms with Crippen molar-refractivity contribution >= 4 is 17.7 Å². The highest BCUT2D eigenvalue weighted by Gasteiger charge is 2.39. The highest BCUT2D eigenvalue weighted by Crippen LogP contribution is 2.27. The number of allylic oxidation sites excluding steroid dienone is 5. The first-order valence-electron chi connectivity index (χ1n) is 12.2. The molecule has 1 heterocycles. The van der Waals surface area contributed by atoms with Gasteiger partial charge in [0.15, 0.2) is 17.6 Å². The fourth-order valence-corrected chi connectivity index (χ4v) is 3.83. The maximum Gasteiger partial charge on any atom is 0.377 e. The molecule has 0 spiro atoms. The molecule has 0 saturated heterocycles. The summed E-state index contributed by atoms with van der Waals surface area (Å²) in [6, 6.07) is 0. The number of ether oxygens (including phenoxy) is 2. The molecule has 9 nitrogen and oxygen atoms in total. The van der Waals surface area contributed by atoms with E-state index in [1.54, 1.807) is 6.08 Å². The van der Waals surface area contributed by atoms with Crippen LogP contribution in [-0.4, -0.2) is 63.1 Å². The SMILES string of the molecule is CCCCC[C@H](O)/C=C/C1=C(C/C=C\CCCC(=O)OCC(O)C2OC(=O)C(O)=C2O)C(=O)CC1. The lowest BCUT2D eigenvalue weighted by molar-refractivity contribution is -0.154. The van der Waals surface area contributed by atoms with Crippen molar-refractivity contribution in [1.82, 2.24) is 0 Å². The zero-order valence-electron chi connectivity index (χ0n) is 20.1. The fourth-order valence-electron chi connectivity index (χ4n) is 3.83. The van der Waals surface area contributed by atoms with Gasteiger partial charge in [0.05, 0.1) is 6.10 Å². The maximum absolute atomic E-state index is 12.2. The van der Waals surface area contributed by atoms with Crippen molar-refractivity contribution in [3.8, 4) is 0 Å². The Balaban J connectivity index is 1.68. The molecule has 1 aliphatic heterocycles. The number of hydrogen-bond acceptors (Lipinski definition) is 9. The molecule has 0 aromatic rings. The standard InChI is InChI=1S/C26H36O9/c1-2-3-6-9-18(27)14-12-17-13-15-20(28)19(17)10-7-4-5-8-11-22(30)34-16-21(29)25-23(31)24(32)26(33)35-25/h4,7,12,14,18,21,25,27,29,31-32H,2-3,5-6,8-11,13,15-16H2,1H3/b7-4-,14-12+/t18-,21?,25?/m0/s1. The molecule has 0 aromatic carbocycles. The van der Waals surface area contributed by atoms with E-state index in [2.05, 4.69) is 11.7 Å². The number of carbonyl (C=O) groups is 3. The van der Waals surface area contributed by atoms with Gasteiger partial charge in [0.25, 0.3) is 0 Å². The monoisotopic (exact) mass is 492 g/mol. The first-order valence-corrected chi connectivity index (χ1v) is 12.2. The van der Waals surface area contributed by atoms with Crippen molar-refractivity contribution < 1.29 is 44.3 Å². The molecular weight excluding hydrogens is 456 g/mol. The summed E-state index contributed by atoms with van der Waals surface area (Å²) in [5, 5.41) is 38.7. The lowest BCUT2D eigenvalue weighted by atomic mass is 10.0. The minimum atomic E-state index is -1.50. The Hall–Kier alpha value is -2.91. The van der Waals surface area contributed by atoms with E-state index in [1.807, 2.05) is 18.2 Å². The summed E-state index contributed by atoms with van der Waals surface area (Å²) in [4.78, 5) is 35.2. The van der Waals surface area contributed by atoms with E-state index in [-0.39, 0.29) is 12.2 Å². The van der Waals surface area contributed by atoms with Crippen LogP contribution in [0.15, 0.2) is 47.0 Å². The number of cyclic esters (lactones) is 1. The number of carbonyl (C=O) groups excluding carboxylic acids is 3. The van der Waals surface area contributed by atoms with Gasteiger partial charge in [0, 0.05) is 18.4 Å². The van der Waals surface area contributed by atoms with Crippen LogP contribution in [0, 0.1) is 0 Å². The zero-order chi connectivity index (χ0) is 25.8. The summed E-state index contributed by atoms with van der Waals surface area (Å²) in [5.41, 5.74) is 1.74. The third-order valence-electron chi connectivity index (χ3n) is 5.91. The fraction of sp³-hybridized carbons (Fsp3) is 0.577. The maximum atomic E-state index is 12.2. The molecule has 2 unspecified atom stereocenters. The van der Waals surface area contributed by atoms with Crippen LogP contribution in [0.3, 0.4) is 0 Å². The number of esters is 2. The van der Waals surface area contributed by atoms with Gasteiger partial charge >= 0.3 is 11.9 Å². The molecule has 1 aliphatic carbocycles. The van der Waals surface area contributed by atoms with Gasteiger partial charge in [-0.05, 0) is 37.7 Å². The number of aliphatic hydroxyl groups excluding tert-OH is 4. The predicted octanol–water partition coefficient (Wildman–Crippen LogP) is 3.42. The molecule has 0 aromatic heterocycles. The molecule has 0 amide bonds. The molecule has 194 valence electrons. The predicted molar refractivity (Wildman–Crippen MR) is 127 cm³/mol. The average molecular weight is 493 g/mol. The molecule has 4 N–H and O–H groups in total. The van der Waals surface area contributed by atoms with Crippen LogP contribution >= 0.6 is 0 Å². The summed E-state index contributed by atoms with van der Waals surface area (Å²) in [7, 11) is 0. The summed E-state index contributed by atoms with van der Waals surface area (Å²) < 4.78 is 9.53. The Bertz CT molecular complexity index is 881. The Morgan fingerprint density at radius 3 is 2.60 bits per heavy atom. The minimum Gasteiger partial charge on any atom is -0.505 e. The van der Waals surface area contributed by atoms with Crippen molar-refractivity contribution in [2.45, 2.75) is 89.4 Å². The highest BCUT2D eigenvalue weighted by atomic mass is 16.6. The Kier molecular flexibility index (Phi) is 11.7. The normalized spacial score (nSPS) is 20.4. The first-order chi connectivity index (χ1) is 16.7. The van der Waals surface area contributed by atoms with Crippen molar-refractivity contribution in [3.05, 3.63) is 47.0 Å². The van der Waals surface area contributed by atoms with Crippen LogP contribution in [0.4, 0.5) is 0 Å². The number of Topliss-reactive ketones (excluding diaryl/α,β-unsaturated/α-hetero) is 1. The third kappa shape index (κ3) is 8.99. The van der Waals surface area contributed by atoms with Gasteiger partial charge in [0.2, 0.25) is 5.76 Å². The van der Waals surface area contributed by atoms with Crippen LogP contribution in [0.1, 0.15) is 71.1 Å². The second-order valence-electron chi connectivity index (χ2n) is 8.73. The number of unbranched alkanes of at least 4 members (excludes halogenated alkanes) is 3. The largest absolute Gasteiger partial charge is 0.505 e. The van der Waals surface area contributed by atoms with Crippen LogP contribution in [-0.2, 0) is 23.9 Å². The van der Waals surface area contributed by atoms with Gasteiger partial charge < -0.3 is 29.9 Å². The lowest BCUT2D eigenvalue weighted by Gasteiger charge is -2.17. The van der Waals surface area contributed by atoms with Gasteiger partial charge in [-0.15, -0.1) is 0 Å². The molecule has 0 radical (unpaired) electrons. The van der Waals surface area contributed by atoms with E-state index in [9.17, 15) is 34.8 Å². The quantitative estimate of drug-likeness (QED) is 0.153. The van der Waals surface area contributed by atoms with E-state index in [0.29, 0.717) is 32.1 Å². The number of rotatable bonds is 15. The van der Waals surface area contributed by atoms with E-state index in [4.69, 9.17) is 4.74 Å². The van der Waals surface area contributed by atoms with Crippen molar-refractivity contribution in [2.75, 3.05) is 6.61 Å². The van der Waals surface area contributed by atoms with Crippen molar-refractivity contribution in [2.24, 2.45) is 0 Å². The summed E-state index contributed by atoms with van der Waals surface area (Å²) in [6.45, 7) is 1.62. The van der Waals surface area contributed by atoms with Crippen LogP contribution in [0.2, 0.25) is 0 Å². The minimum absolute atomic E-state index is 0.0973. The molecule has 9 heteroatoms. The second kappa shape index (κ2) is 14.5. The highest BCUT2D eigenvalue weighted by molar-refractivity contribution is 5.99. The smallest absolute Gasteiger partial charge is 0.377 e. The Morgan fingerprint density at radius 2 is 1.91 bits per heavy atom. The van der Waals surface area contributed by atoms with E-state index >= 15 is 0 Å². The van der Waals surface area contributed by atoms with Crippen LogP contribution in [0.5, 0.6) is 0 Å². The van der Waals surface area contributed by atoms with Gasteiger partial charge in [-0.1, -0.05) is 50.5 Å². The summed E-state index contributed by atoms with van der Waals surface area (Å²) in [5.74, 6) is -3.35. The molecule has 0 saturated carbocycles. The Labute approximate surface area is 205 Å². The van der Waals surface area contributed by atoms with Gasteiger partial charge in [-0.2, -0.15) is 0 Å². The van der Waals surface area contributed by atoms with Crippen molar-refractivity contribution in [1.29, 1.82) is 0 Å². The number of ketones is 1. The third-order valence-corrected chi connectivity index (χ3v) is 5.91. The molecule has 0 fully saturated rings. The lowest BCUT2D eigenvalue weighted by Crippen LogP contribution is -2.33. The van der Waals surface area contributed by atoms with Crippen LogP contribution in [0.25, 0.3) is 0 Å². The molecule has 0 bridgehead atoms.